The number of β-amino-alcohol motifs (C(OH)–C–C–N with tert-alkyl or cyclic N) is 1. The summed E-state index contributed by atoms with van der Waals surface area (Å²) < 4.78 is 1.70. The number of aromatic amines is 1. The molecular formula is C20H22N8O3. The van der Waals surface area contributed by atoms with E-state index in [4.69, 9.17) is 5.73 Å². The number of aromatic nitrogens is 6. The van der Waals surface area contributed by atoms with Crippen molar-refractivity contribution in [3.63, 3.8) is 0 Å². The number of hydrogen-bond donors (Lipinski definition) is 4. The minimum absolute atomic E-state index is 0.0846. The molecule has 11 nitrogen and oxygen atoms in total. The maximum atomic E-state index is 13.3. The minimum Gasteiger partial charge on any atom is -0.391 e. The van der Waals surface area contributed by atoms with Crippen LogP contribution in [0.1, 0.15) is 29.7 Å². The van der Waals surface area contributed by atoms with Gasteiger partial charge >= 0.3 is 0 Å². The molecule has 5 rings (SSSR count). The highest BCUT2D eigenvalue weighted by atomic mass is 16.3. The maximum Gasteiger partial charge on any atom is 0.254 e. The number of carbonyl (C=O) groups is 1. The van der Waals surface area contributed by atoms with Crippen LogP contribution in [0, 0.1) is 0 Å². The van der Waals surface area contributed by atoms with E-state index in [0.717, 1.165) is 11.0 Å². The summed E-state index contributed by atoms with van der Waals surface area (Å²) >= 11 is 0. The number of benzene rings is 1. The van der Waals surface area contributed by atoms with Crippen LogP contribution in [0.25, 0.3) is 22.2 Å². The van der Waals surface area contributed by atoms with Gasteiger partial charge in [0.1, 0.15) is 11.8 Å². The smallest absolute Gasteiger partial charge is 0.254 e. The topological polar surface area (TPSA) is 159 Å². The van der Waals surface area contributed by atoms with Gasteiger partial charge in [-0.1, -0.05) is 0 Å². The fraction of sp³-hybridized carbons (Fsp3) is 0.350. The van der Waals surface area contributed by atoms with Gasteiger partial charge in [-0.3, -0.25) is 4.79 Å². The van der Waals surface area contributed by atoms with Gasteiger partial charge in [0, 0.05) is 25.1 Å². The molecule has 3 aromatic heterocycles. The van der Waals surface area contributed by atoms with Crippen LogP contribution < -0.4 is 5.73 Å². The lowest BCUT2D eigenvalue weighted by Gasteiger charge is -2.34. The first-order valence-corrected chi connectivity index (χ1v) is 9.89. The molecule has 1 amide bonds. The SMILES string of the molecule is C[C@]1(O)C[C@@H](O)CN(C(=O)c2ccc3nc[nH]c3c2)C[C@@H]1n1cnc2c(N)ncnc21. The number of H-pyrrole nitrogens is 1. The Morgan fingerprint density at radius 3 is 2.94 bits per heavy atom. The van der Waals surface area contributed by atoms with Crippen molar-refractivity contribution in [2.75, 3.05) is 18.8 Å². The van der Waals surface area contributed by atoms with Crippen molar-refractivity contribution in [2.24, 2.45) is 0 Å². The number of fused-ring (bicyclic) bond motifs is 2. The Kier molecular flexibility index (Phi) is 4.38. The van der Waals surface area contributed by atoms with Crippen LogP contribution in [0.5, 0.6) is 0 Å². The number of nitrogens with one attached hydrogen (secondary N) is 1. The van der Waals surface area contributed by atoms with Crippen LogP contribution in [0.2, 0.25) is 0 Å². The second-order valence-corrected chi connectivity index (χ2v) is 8.16. The van der Waals surface area contributed by atoms with Crippen molar-refractivity contribution in [3.8, 4) is 0 Å². The lowest BCUT2D eigenvalue weighted by atomic mass is 9.91. The summed E-state index contributed by atoms with van der Waals surface area (Å²) in [6.07, 6.45) is 3.63. The van der Waals surface area contributed by atoms with Crippen LogP contribution >= 0.6 is 0 Å². The molecule has 0 aliphatic carbocycles. The van der Waals surface area contributed by atoms with Crippen LogP contribution in [0.15, 0.2) is 37.2 Å². The largest absolute Gasteiger partial charge is 0.391 e. The highest BCUT2D eigenvalue weighted by Crippen LogP contribution is 2.34. The van der Waals surface area contributed by atoms with Gasteiger partial charge in [0.25, 0.3) is 5.91 Å². The van der Waals surface area contributed by atoms with E-state index in [1.165, 1.54) is 12.7 Å². The van der Waals surface area contributed by atoms with Crippen LogP contribution in [0.3, 0.4) is 0 Å². The van der Waals surface area contributed by atoms with Crippen molar-refractivity contribution in [1.29, 1.82) is 0 Å². The highest BCUT2D eigenvalue weighted by Gasteiger charge is 2.42. The normalized spacial score (nSPS) is 24.5. The maximum absolute atomic E-state index is 13.3. The summed E-state index contributed by atoms with van der Waals surface area (Å²) in [4.78, 5) is 34.6. The predicted octanol–water partition coefficient (Wildman–Crippen LogP) is 0.484. The lowest BCUT2D eigenvalue weighted by molar-refractivity contribution is -0.0217. The Balaban J connectivity index is 1.54. The Labute approximate surface area is 176 Å². The Bertz CT molecular complexity index is 1280. The summed E-state index contributed by atoms with van der Waals surface area (Å²) in [7, 11) is 0. The zero-order valence-electron chi connectivity index (χ0n) is 16.8. The van der Waals surface area contributed by atoms with E-state index in [2.05, 4.69) is 24.9 Å². The van der Waals surface area contributed by atoms with Crippen molar-refractivity contribution >= 4 is 33.9 Å². The molecule has 31 heavy (non-hydrogen) atoms. The number of nitrogen functional groups attached to an aromatic ring is 1. The number of aliphatic hydroxyl groups is 2. The van der Waals surface area contributed by atoms with Gasteiger partial charge in [0.2, 0.25) is 0 Å². The van der Waals surface area contributed by atoms with Gasteiger partial charge in [-0.15, -0.1) is 0 Å². The second kappa shape index (κ2) is 7.00. The second-order valence-electron chi connectivity index (χ2n) is 8.16. The fourth-order valence-electron chi connectivity index (χ4n) is 4.31. The quantitative estimate of drug-likeness (QED) is 0.363. The molecule has 4 heterocycles. The summed E-state index contributed by atoms with van der Waals surface area (Å²) in [5.41, 5.74) is 7.43. The molecule has 1 aliphatic heterocycles. The summed E-state index contributed by atoms with van der Waals surface area (Å²) in [5.74, 6) is -0.0188. The van der Waals surface area contributed by atoms with E-state index >= 15 is 0 Å². The Morgan fingerprint density at radius 2 is 2.10 bits per heavy atom. The molecule has 5 N–H and O–H groups in total. The molecule has 11 heteroatoms. The first-order valence-electron chi connectivity index (χ1n) is 9.89. The van der Waals surface area contributed by atoms with Gasteiger partial charge in [0.05, 0.1) is 41.4 Å². The fourth-order valence-corrected chi connectivity index (χ4v) is 4.31. The van der Waals surface area contributed by atoms with E-state index in [9.17, 15) is 15.0 Å². The molecule has 1 aliphatic rings. The number of aliphatic hydroxyl groups excluding tert-OH is 1. The van der Waals surface area contributed by atoms with E-state index in [1.807, 2.05) is 0 Å². The molecule has 160 valence electrons. The number of likely N-dealkylation sites (tertiary alicyclic amines) is 1. The number of amides is 1. The summed E-state index contributed by atoms with van der Waals surface area (Å²) in [5, 5.41) is 21.8. The third-order valence-electron chi connectivity index (χ3n) is 5.87. The number of hydrogen-bond acceptors (Lipinski definition) is 8. The van der Waals surface area contributed by atoms with E-state index < -0.39 is 17.7 Å². The first kappa shape index (κ1) is 19.4. The summed E-state index contributed by atoms with van der Waals surface area (Å²) in [6, 6.07) is 4.60. The standard InChI is InChI=1S/C20H22N8O3/c1-20(31)5-12(29)6-27(19(30)11-2-3-13-14(4-11)23-8-22-13)7-15(20)28-10-26-16-17(21)24-9-25-18(16)28/h2-4,8-10,12,15,29,31H,5-7H2,1H3,(H,22,23)(H2,21,24,25)/t12-,15+,20+/m1/s1. The van der Waals surface area contributed by atoms with Gasteiger partial charge in [-0.05, 0) is 25.1 Å². The van der Waals surface area contributed by atoms with Crippen molar-refractivity contribution in [1.82, 2.24) is 34.4 Å². The zero-order chi connectivity index (χ0) is 21.8. The minimum atomic E-state index is -1.32. The third-order valence-corrected chi connectivity index (χ3v) is 5.87. The Hall–Kier alpha value is -3.57. The molecule has 0 spiro atoms. The Morgan fingerprint density at radius 1 is 1.26 bits per heavy atom. The van der Waals surface area contributed by atoms with Gasteiger partial charge in [0.15, 0.2) is 11.5 Å². The lowest BCUT2D eigenvalue weighted by Crippen LogP contribution is -2.42. The number of rotatable bonds is 2. The van der Waals surface area contributed by atoms with Crippen LogP contribution in [-0.4, -0.2) is 75.3 Å². The average Bonchev–Trinajstić information content (AvgIpc) is 3.34. The number of imidazole rings is 2. The van der Waals surface area contributed by atoms with Gasteiger partial charge in [-0.25, -0.2) is 19.9 Å². The average molecular weight is 422 g/mol. The van der Waals surface area contributed by atoms with E-state index in [1.54, 1.807) is 40.9 Å². The van der Waals surface area contributed by atoms with Gasteiger partial charge in [-0.2, -0.15) is 0 Å². The highest BCUT2D eigenvalue weighted by molar-refractivity contribution is 5.97. The molecule has 0 bridgehead atoms. The molecule has 4 aromatic rings. The van der Waals surface area contributed by atoms with Crippen LogP contribution in [0.4, 0.5) is 5.82 Å². The molecule has 0 radical (unpaired) electrons. The predicted molar refractivity (Wildman–Crippen MR) is 112 cm³/mol. The molecule has 0 saturated carbocycles. The number of anilines is 1. The molecule has 0 unspecified atom stereocenters. The third kappa shape index (κ3) is 3.27. The molecule has 3 atom stereocenters. The molecule has 1 aromatic carbocycles. The van der Waals surface area contributed by atoms with Crippen molar-refractivity contribution in [3.05, 3.63) is 42.7 Å². The molecular weight excluding hydrogens is 400 g/mol. The number of nitrogens with two attached hydrogens (primary N) is 1. The first-order chi connectivity index (χ1) is 14.8. The van der Waals surface area contributed by atoms with Gasteiger partial charge < -0.3 is 30.4 Å². The van der Waals surface area contributed by atoms with Crippen molar-refractivity contribution < 1.29 is 15.0 Å². The van der Waals surface area contributed by atoms with Crippen LogP contribution in [-0.2, 0) is 0 Å². The summed E-state index contributed by atoms with van der Waals surface area (Å²) in [6.45, 7) is 1.89. The number of carbonyl (C=O) groups excluding carboxylic acids is 1. The van der Waals surface area contributed by atoms with E-state index in [-0.39, 0.29) is 31.2 Å². The monoisotopic (exact) mass is 422 g/mol. The van der Waals surface area contributed by atoms with E-state index in [0.29, 0.717) is 16.7 Å². The number of nitrogens with zero attached hydrogens (tertiary/aromatic N) is 6. The molecule has 1 saturated heterocycles. The van der Waals surface area contributed by atoms with Crippen molar-refractivity contribution in [2.45, 2.75) is 31.1 Å². The molecule has 1 fully saturated rings. The zero-order valence-corrected chi connectivity index (χ0v) is 16.8.